The summed E-state index contributed by atoms with van der Waals surface area (Å²) in [7, 11) is -3.42. The molecule has 1 aromatic carbocycles. The van der Waals surface area contributed by atoms with Crippen LogP contribution in [-0.2, 0) is 15.8 Å². The van der Waals surface area contributed by atoms with Crippen LogP contribution in [0.3, 0.4) is 0 Å². The fraction of sp³-hybridized carbons (Fsp3) is 0.357. The van der Waals surface area contributed by atoms with E-state index in [-0.39, 0.29) is 17.9 Å². The zero-order valence-electron chi connectivity index (χ0n) is 11.4. The maximum Gasteiger partial charge on any atom is 0.335 e. The topological polar surface area (TPSA) is 74.7 Å². The Bertz CT molecular complexity index is 563. The third-order valence-corrected chi connectivity index (χ3v) is 4.57. The van der Waals surface area contributed by atoms with Gasteiger partial charge in [-0.3, -0.25) is 0 Å². The summed E-state index contributed by atoms with van der Waals surface area (Å²) >= 11 is 0. The number of nitrogens with zero attached hydrogens (tertiary/aromatic N) is 1. The molecule has 0 spiro atoms. The molecule has 0 radical (unpaired) electrons. The molecule has 1 aromatic rings. The van der Waals surface area contributed by atoms with Crippen molar-refractivity contribution in [2.24, 2.45) is 0 Å². The van der Waals surface area contributed by atoms with Gasteiger partial charge in [-0.1, -0.05) is 25.1 Å². The zero-order valence-corrected chi connectivity index (χ0v) is 12.3. The molecule has 0 saturated carbocycles. The summed E-state index contributed by atoms with van der Waals surface area (Å²) in [4.78, 5) is 10.7. The first-order chi connectivity index (χ1) is 9.40. The van der Waals surface area contributed by atoms with Crippen LogP contribution in [0, 0.1) is 0 Å². The molecule has 0 bridgehead atoms. The highest BCUT2D eigenvalue weighted by molar-refractivity contribution is 7.88. The van der Waals surface area contributed by atoms with Crippen molar-refractivity contribution < 1.29 is 18.3 Å². The molecule has 0 unspecified atom stereocenters. The van der Waals surface area contributed by atoms with Crippen LogP contribution < -0.4 is 0 Å². The van der Waals surface area contributed by atoms with Crippen LogP contribution in [0.2, 0.25) is 0 Å². The van der Waals surface area contributed by atoms with Gasteiger partial charge >= 0.3 is 5.97 Å². The average Bonchev–Trinajstić information content (AvgIpc) is 2.38. The summed E-state index contributed by atoms with van der Waals surface area (Å²) < 4.78 is 25.9. The number of benzene rings is 1. The minimum atomic E-state index is -3.42. The van der Waals surface area contributed by atoms with Crippen molar-refractivity contribution in [3.05, 3.63) is 48.0 Å². The first-order valence-electron chi connectivity index (χ1n) is 6.31. The van der Waals surface area contributed by atoms with Gasteiger partial charge in [0.25, 0.3) is 0 Å². The molecule has 0 amide bonds. The number of aromatic carboxylic acids is 1. The van der Waals surface area contributed by atoms with E-state index in [1.54, 1.807) is 6.08 Å². The van der Waals surface area contributed by atoms with Gasteiger partial charge in [0.1, 0.15) is 0 Å². The quantitative estimate of drug-likeness (QED) is 0.746. The molecule has 1 N–H and O–H groups in total. The van der Waals surface area contributed by atoms with Crippen molar-refractivity contribution in [1.82, 2.24) is 4.31 Å². The molecule has 0 saturated heterocycles. The molecule has 5 nitrogen and oxygen atoms in total. The van der Waals surface area contributed by atoms with E-state index >= 15 is 0 Å². The molecule has 20 heavy (non-hydrogen) atoms. The van der Waals surface area contributed by atoms with E-state index in [1.807, 2.05) is 6.92 Å². The average molecular weight is 297 g/mol. The van der Waals surface area contributed by atoms with Crippen LogP contribution in [0.25, 0.3) is 0 Å². The Kier molecular flexibility index (Phi) is 5.91. The highest BCUT2D eigenvalue weighted by atomic mass is 32.2. The van der Waals surface area contributed by atoms with Crippen molar-refractivity contribution in [3.8, 4) is 0 Å². The third-order valence-electron chi connectivity index (χ3n) is 2.75. The van der Waals surface area contributed by atoms with Crippen LogP contribution in [-0.4, -0.2) is 36.9 Å². The molecule has 110 valence electrons. The Morgan fingerprint density at radius 2 is 1.95 bits per heavy atom. The van der Waals surface area contributed by atoms with Gasteiger partial charge in [-0.05, 0) is 24.1 Å². The van der Waals surface area contributed by atoms with Gasteiger partial charge in [0, 0.05) is 13.1 Å². The number of carboxylic acid groups (broad SMARTS) is 1. The van der Waals surface area contributed by atoms with Crippen molar-refractivity contribution in [3.63, 3.8) is 0 Å². The summed E-state index contributed by atoms with van der Waals surface area (Å²) in [6.07, 6.45) is 2.28. The first kappa shape index (κ1) is 16.4. The molecule has 1 rings (SSSR count). The van der Waals surface area contributed by atoms with E-state index in [9.17, 15) is 13.2 Å². The Hall–Kier alpha value is -1.66. The lowest BCUT2D eigenvalue weighted by molar-refractivity contribution is 0.0697. The van der Waals surface area contributed by atoms with Crippen molar-refractivity contribution in [1.29, 1.82) is 0 Å². The molecule has 0 aromatic heterocycles. The third kappa shape index (κ3) is 4.47. The van der Waals surface area contributed by atoms with Gasteiger partial charge in [-0.25, -0.2) is 13.2 Å². The van der Waals surface area contributed by atoms with E-state index in [2.05, 4.69) is 6.58 Å². The number of carbonyl (C=O) groups is 1. The molecular formula is C14H19NO4S. The van der Waals surface area contributed by atoms with E-state index in [1.165, 1.54) is 28.6 Å². The van der Waals surface area contributed by atoms with Crippen molar-refractivity contribution in [2.45, 2.75) is 19.1 Å². The number of hydrogen-bond acceptors (Lipinski definition) is 3. The number of carboxylic acids is 1. The Morgan fingerprint density at radius 3 is 2.40 bits per heavy atom. The summed E-state index contributed by atoms with van der Waals surface area (Å²) in [6.45, 7) is 6.20. The highest BCUT2D eigenvalue weighted by Crippen LogP contribution is 2.13. The number of sulfonamides is 1. The molecule has 0 aliphatic rings. The molecule has 0 fully saturated rings. The normalized spacial score (nSPS) is 11.5. The Labute approximate surface area is 119 Å². The molecule has 0 aliphatic carbocycles. The standard InChI is InChI=1S/C14H19NO4S/c1-3-9-15(10-4-2)20(18,19)11-12-5-7-13(8-6-12)14(16)17/h3,5-8H,1,4,9-11H2,2H3,(H,16,17). The van der Waals surface area contributed by atoms with Crippen LogP contribution in [0.1, 0.15) is 29.3 Å². The monoisotopic (exact) mass is 297 g/mol. The second-order valence-electron chi connectivity index (χ2n) is 4.40. The maximum absolute atomic E-state index is 12.3. The van der Waals surface area contributed by atoms with Gasteiger partial charge < -0.3 is 5.11 Å². The Morgan fingerprint density at radius 1 is 1.35 bits per heavy atom. The van der Waals surface area contributed by atoms with Crippen LogP contribution in [0.15, 0.2) is 36.9 Å². The molecule has 0 atom stereocenters. The first-order valence-corrected chi connectivity index (χ1v) is 7.92. The van der Waals surface area contributed by atoms with E-state index < -0.39 is 16.0 Å². The van der Waals surface area contributed by atoms with Crippen molar-refractivity contribution >= 4 is 16.0 Å². The largest absolute Gasteiger partial charge is 0.478 e. The highest BCUT2D eigenvalue weighted by Gasteiger charge is 2.20. The lowest BCUT2D eigenvalue weighted by Gasteiger charge is -2.20. The minimum absolute atomic E-state index is 0.138. The van der Waals surface area contributed by atoms with Crippen LogP contribution in [0.4, 0.5) is 0 Å². The number of rotatable bonds is 8. The molecule has 0 heterocycles. The molecule has 0 aliphatic heterocycles. The van der Waals surface area contributed by atoms with E-state index in [0.717, 1.165) is 6.42 Å². The minimum Gasteiger partial charge on any atom is -0.478 e. The molecular weight excluding hydrogens is 278 g/mol. The summed E-state index contributed by atoms with van der Waals surface area (Å²) in [5, 5.41) is 8.80. The second-order valence-corrected chi connectivity index (χ2v) is 6.37. The lowest BCUT2D eigenvalue weighted by Crippen LogP contribution is -2.33. The summed E-state index contributed by atoms with van der Waals surface area (Å²) in [5.74, 6) is -1.17. The van der Waals surface area contributed by atoms with Gasteiger partial charge in [-0.15, -0.1) is 6.58 Å². The lowest BCUT2D eigenvalue weighted by atomic mass is 10.1. The zero-order chi connectivity index (χ0) is 15.2. The number of hydrogen-bond donors (Lipinski definition) is 1. The van der Waals surface area contributed by atoms with Crippen molar-refractivity contribution in [2.75, 3.05) is 13.1 Å². The van der Waals surface area contributed by atoms with Gasteiger partial charge in [0.2, 0.25) is 10.0 Å². The predicted molar refractivity (Wildman–Crippen MR) is 78.1 cm³/mol. The van der Waals surface area contributed by atoms with E-state index in [0.29, 0.717) is 12.1 Å². The van der Waals surface area contributed by atoms with Gasteiger partial charge in [0.15, 0.2) is 0 Å². The summed E-state index contributed by atoms with van der Waals surface area (Å²) in [5.41, 5.74) is 0.711. The smallest absolute Gasteiger partial charge is 0.335 e. The maximum atomic E-state index is 12.3. The fourth-order valence-electron chi connectivity index (χ4n) is 1.78. The van der Waals surface area contributed by atoms with Gasteiger partial charge in [-0.2, -0.15) is 4.31 Å². The molecule has 6 heteroatoms. The summed E-state index contributed by atoms with van der Waals surface area (Å²) in [6, 6.07) is 5.87. The van der Waals surface area contributed by atoms with Gasteiger partial charge in [0.05, 0.1) is 11.3 Å². The Balaban J connectivity index is 2.88. The predicted octanol–water partition coefficient (Wildman–Crippen LogP) is 2.11. The van der Waals surface area contributed by atoms with Crippen LogP contribution in [0.5, 0.6) is 0 Å². The fourth-order valence-corrected chi connectivity index (χ4v) is 3.37. The second kappa shape index (κ2) is 7.21. The van der Waals surface area contributed by atoms with Crippen LogP contribution >= 0.6 is 0 Å². The SMILES string of the molecule is C=CCN(CCC)S(=O)(=O)Cc1ccc(C(=O)O)cc1. The van der Waals surface area contributed by atoms with E-state index in [4.69, 9.17) is 5.11 Å².